The molecule has 0 saturated carbocycles. The third-order valence-electron chi connectivity index (χ3n) is 3.65. The molecule has 2 aromatic carbocycles. The maximum Gasteiger partial charge on any atom is 1.00 e. The van der Waals surface area contributed by atoms with Crippen LogP contribution in [0.5, 0.6) is 0 Å². The summed E-state index contributed by atoms with van der Waals surface area (Å²) in [7, 11) is -5.35. The molecule has 0 fully saturated rings. The van der Waals surface area contributed by atoms with Crippen LogP contribution in [-0.2, 0) is 14.9 Å². The van der Waals surface area contributed by atoms with Crippen molar-refractivity contribution in [1.82, 2.24) is 5.32 Å². The van der Waals surface area contributed by atoms with Crippen molar-refractivity contribution in [2.75, 3.05) is 5.01 Å². The molecular weight excluding hydrogens is 385 g/mol. The van der Waals surface area contributed by atoms with Crippen molar-refractivity contribution >= 4 is 33.5 Å². The summed E-state index contributed by atoms with van der Waals surface area (Å²) < 4.78 is 32.8. The molecule has 11 heteroatoms. The van der Waals surface area contributed by atoms with Gasteiger partial charge in [-0.05, 0) is 24.3 Å². The molecule has 9 nitrogen and oxygen atoms in total. The number of nitrogens with one attached hydrogen (secondary N) is 1. The van der Waals surface area contributed by atoms with Gasteiger partial charge < -0.3 is 11.8 Å². The minimum atomic E-state index is -5.35. The molecule has 2 amide bonds. The van der Waals surface area contributed by atoms with Crippen molar-refractivity contribution in [1.29, 1.82) is 0 Å². The van der Waals surface area contributed by atoms with Gasteiger partial charge in [0.1, 0.15) is 0 Å². The average molecular weight is 399 g/mol. The molecule has 136 valence electrons. The molecule has 1 unspecified atom stereocenters. The fourth-order valence-electron chi connectivity index (χ4n) is 2.31. The smallest absolute Gasteiger partial charge is 1.00 e. The molecule has 27 heavy (non-hydrogen) atoms. The van der Waals surface area contributed by atoms with Gasteiger partial charge in [-0.15, -0.1) is 5.10 Å². The van der Waals surface area contributed by atoms with Gasteiger partial charge in [-0.2, -0.15) is 13.4 Å². The van der Waals surface area contributed by atoms with Crippen LogP contribution in [-0.4, -0.2) is 40.7 Å². The quantitative estimate of drug-likeness (QED) is 0.385. The standard InChI is InChI=1S/C16H13N3O6S.Na.H/c20-13(11-7-3-1-4-8-11)17-14-16(22,26(23,24)25)15(21)19(18-14)12-9-5-2-6-10-12;;/h1-10,22H,(H,17,18,20)(H,23,24,25);;/q;+1;-1. The van der Waals surface area contributed by atoms with E-state index in [-0.39, 0.29) is 42.2 Å². The van der Waals surface area contributed by atoms with Crippen LogP contribution in [0, 0.1) is 0 Å². The fourth-order valence-corrected chi connectivity index (χ4v) is 2.96. The molecule has 3 rings (SSSR count). The summed E-state index contributed by atoms with van der Waals surface area (Å²) in [4.78, 5) is 21.3. The molecule has 0 radical (unpaired) electrons. The van der Waals surface area contributed by atoms with Crippen LogP contribution in [0.25, 0.3) is 0 Å². The topological polar surface area (TPSA) is 136 Å². The van der Waals surface area contributed by atoms with Crippen molar-refractivity contribution in [3.63, 3.8) is 0 Å². The third kappa shape index (κ3) is 3.81. The summed E-state index contributed by atoms with van der Waals surface area (Å²) in [6.07, 6.45) is 0. The first-order valence-electron chi connectivity index (χ1n) is 7.29. The van der Waals surface area contributed by atoms with Crippen LogP contribution in [0.4, 0.5) is 5.69 Å². The SMILES string of the molecule is O=C(NC1=NN(c2ccccc2)C(=O)C1(O)S(=O)(=O)O)c1ccccc1.[H-].[Na+]. The molecule has 1 heterocycles. The normalized spacial score (nSPS) is 19.3. The van der Waals surface area contributed by atoms with Crippen LogP contribution in [0.15, 0.2) is 65.8 Å². The number of benzene rings is 2. The Morgan fingerprint density at radius 1 is 1.07 bits per heavy atom. The molecule has 2 aromatic rings. The number of carbonyl (C=O) groups excluding carboxylic acids is 2. The number of anilines is 1. The van der Waals surface area contributed by atoms with E-state index in [1.807, 2.05) is 0 Å². The summed E-state index contributed by atoms with van der Waals surface area (Å²) >= 11 is 0. The van der Waals surface area contributed by atoms with Gasteiger partial charge in [0.15, 0.2) is 5.84 Å². The zero-order chi connectivity index (χ0) is 18.9. The van der Waals surface area contributed by atoms with Crippen LogP contribution in [0.2, 0.25) is 0 Å². The molecule has 0 saturated heterocycles. The Hall–Kier alpha value is -2.08. The van der Waals surface area contributed by atoms with Crippen LogP contribution in [0.1, 0.15) is 11.8 Å². The minimum absolute atomic E-state index is 0. The van der Waals surface area contributed by atoms with Crippen LogP contribution in [0.3, 0.4) is 0 Å². The van der Waals surface area contributed by atoms with Gasteiger partial charge in [0.2, 0.25) is 0 Å². The van der Waals surface area contributed by atoms with E-state index < -0.39 is 32.7 Å². The summed E-state index contributed by atoms with van der Waals surface area (Å²) in [5, 5.41) is 16.8. The number of para-hydroxylation sites is 1. The first-order chi connectivity index (χ1) is 12.2. The molecular formula is C16H14N3NaO6S. The van der Waals surface area contributed by atoms with E-state index in [2.05, 4.69) is 10.4 Å². The molecule has 3 N–H and O–H groups in total. The Balaban J connectivity index is 0.00000196. The summed E-state index contributed by atoms with van der Waals surface area (Å²) in [6.45, 7) is 0. The second kappa shape index (κ2) is 7.89. The van der Waals surface area contributed by atoms with E-state index in [1.165, 1.54) is 24.3 Å². The second-order valence-corrected chi connectivity index (χ2v) is 6.88. The van der Waals surface area contributed by atoms with Gasteiger partial charge >= 0.3 is 50.5 Å². The number of aliphatic hydroxyl groups is 1. The Morgan fingerprint density at radius 3 is 2.11 bits per heavy atom. The molecule has 0 spiro atoms. The average Bonchev–Trinajstić information content (AvgIpc) is 2.89. The predicted octanol–water partition coefficient (Wildman–Crippen LogP) is -2.53. The van der Waals surface area contributed by atoms with Crippen LogP contribution < -0.4 is 39.9 Å². The number of amides is 2. The largest absolute Gasteiger partial charge is 1.00 e. The first-order valence-corrected chi connectivity index (χ1v) is 8.73. The Bertz CT molecular complexity index is 1000. The van der Waals surface area contributed by atoms with E-state index in [0.717, 1.165) is 0 Å². The summed E-state index contributed by atoms with van der Waals surface area (Å²) in [5.74, 6) is -3.16. The van der Waals surface area contributed by atoms with E-state index >= 15 is 0 Å². The van der Waals surface area contributed by atoms with Gasteiger partial charge in [-0.1, -0.05) is 36.4 Å². The number of hydrogen-bond donors (Lipinski definition) is 3. The number of nitrogens with zero attached hydrogens (tertiary/aromatic N) is 2. The van der Waals surface area contributed by atoms with Crippen LogP contribution >= 0.6 is 0 Å². The first kappa shape index (κ1) is 21.2. The van der Waals surface area contributed by atoms with E-state index in [0.29, 0.717) is 5.01 Å². The van der Waals surface area contributed by atoms with Gasteiger partial charge in [0, 0.05) is 5.56 Å². The van der Waals surface area contributed by atoms with Crippen molar-refractivity contribution in [3.8, 4) is 0 Å². The zero-order valence-corrected chi connectivity index (χ0v) is 16.9. The minimum Gasteiger partial charge on any atom is -1.00 e. The molecule has 1 aliphatic rings. The maximum atomic E-state index is 12.5. The maximum absolute atomic E-state index is 12.5. The molecule has 1 aliphatic heterocycles. The number of carbonyl (C=O) groups is 2. The Morgan fingerprint density at radius 2 is 1.59 bits per heavy atom. The third-order valence-corrected chi connectivity index (χ3v) is 4.76. The molecule has 1 atom stereocenters. The van der Waals surface area contributed by atoms with Crippen molar-refractivity contribution < 1.29 is 58.7 Å². The molecule has 0 aliphatic carbocycles. The van der Waals surface area contributed by atoms with E-state index in [4.69, 9.17) is 0 Å². The predicted molar refractivity (Wildman–Crippen MR) is 92.9 cm³/mol. The number of hydrogen-bond acceptors (Lipinski definition) is 6. The Labute approximate surface area is 178 Å². The molecule has 0 bridgehead atoms. The number of amidine groups is 1. The number of rotatable bonds is 3. The monoisotopic (exact) mass is 399 g/mol. The molecule has 0 aromatic heterocycles. The van der Waals surface area contributed by atoms with Gasteiger partial charge in [-0.3, -0.25) is 14.1 Å². The van der Waals surface area contributed by atoms with Gasteiger partial charge in [0.25, 0.3) is 5.91 Å². The fraction of sp³-hybridized carbons (Fsp3) is 0.0625. The number of hydrazone groups is 1. The van der Waals surface area contributed by atoms with Gasteiger partial charge in [0.05, 0.1) is 5.69 Å². The van der Waals surface area contributed by atoms with E-state index in [9.17, 15) is 27.7 Å². The second-order valence-electron chi connectivity index (χ2n) is 5.34. The summed E-state index contributed by atoms with van der Waals surface area (Å²) in [6, 6.07) is 15.3. The van der Waals surface area contributed by atoms with Crippen molar-refractivity contribution in [2.24, 2.45) is 5.10 Å². The zero-order valence-electron chi connectivity index (χ0n) is 15.1. The van der Waals surface area contributed by atoms with Crippen molar-refractivity contribution in [2.45, 2.75) is 4.93 Å². The summed E-state index contributed by atoms with van der Waals surface area (Å²) in [5.41, 5.74) is 0.280. The van der Waals surface area contributed by atoms with E-state index in [1.54, 1.807) is 36.4 Å². The van der Waals surface area contributed by atoms with Gasteiger partial charge in [-0.25, -0.2) is 0 Å². The van der Waals surface area contributed by atoms with Crippen molar-refractivity contribution in [3.05, 3.63) is 66.2 Å². The Kier molecular flexibility index (Phi) is 6.20.